The van der Waals surface area contributed by atoms with Crippen molar-refractivity contribution in [2.45, 2.75) is 50.5 Å². The number of rotatable bonds is 10. The Balaban J connectivity index is 1.46. The van der Waals surface area contributed by atoms with E-state index in [0.29, 0.717) is 13.2 Å². The second-order valence-electron chi connectivity index (χ2n) is 8.08. The lowest BCUT2D eigenvalue weighted by molar-refractivity contribution is -0.307. The summed E-state index contributed by atoms with van der Waals surface area (Å²) in [6.45, 7) is 1.18. The molecule has 1 saturated heterocycles. The Bertz CT molecular complexity index is 937. The predicted molar refractivity (Wildman–Crippen MR) is 123 cm³/mol. The molecular weight excluding hydrogens is 420 g/mol. The topological polar surface area (TPSA) is 77.4 Å². The standard InChI is InChI=1S/C27H30O6/c28-24-26(32-18-22-14-8-3-9-15-22)25(31-17-21-12-6-2-7-13-21)23(33-27(24)29)19-30-16-20-10-4-1-5-11-20/h1-15,23-29H,16-19H2/t23?,24?,25-,26?,27?/m1/s1. The lowest BCUT2D eigenvalue weighted by atomic mass is 9.98. The van der Waals surface area contributed by atoms with Crippen molar-refractivity contribution in [2.75, 3.05) is 6.61 Å². The maximum atomic E-state index is 10.7. The van der Waals surface area contributed by atoms with Crippen LogP contribution in [0, 0.1) is 0 Å². The van der Waals surface area contributed by atoms with Crippen LogP contribution in [0.5, 0.6) is 0 Å². The van der Waals surface area contributed by atoms with Gasteiger partial charge in [0.1, 0.15) is 24.4 Å². The van der Waals surface area contributed by atoms with Crippen molar-refractivity contribution in [3.05, 3.63) is 108 Å². The van der Waals surface area contributed by atoms with Crippen LogP contribution in [0.15, 0.2) is 91.0 Å². The van der Waals surface area contributed by atoms with Crippen LogP contribution in [0.3, 0.4) is 0 Å². The molecule has 0 amide bonds. The summed E-state index contributed by atoms with van der Waals surface area (Å²) in [5, 5.41) is 21.1. The largest absolute Gasteiger partial charge is 0.385 e. The third kappa shape index (κ3) is 6.71. The molecule has 174 valence electrons. The van der Waals surface area contributed by atoms with Crippen LogP contribution in [-0.4, -0.2) is 47.5 Å². The highest BCUT2D eigenvalue weighted by Gasteiger charge is 2.46. The predicted octanol–water partition coefficient (Wildman–Crippen LogP) is 3.45. The summed E-state index contributed by atoms with van der Waals surface area (Å²) in [6.07, 6.45) is -4.68. The van der Waals surface area contributed by atoms with E-state index in [4.69, 9.17) is 18.9 Å². The molecule has 0 saturated carbocycles. The van der Waals surface area contributed by atoms with Gasteiger partial charge in [-0.2, -0.15) is 0 Å². The van der Waals surface area contributed by atoms with Crippen LogP contribution < -0.4 is 0 Å². The van der Waals surface area contributed by atoms with E-state index in [1.54, 1.807) is 0 Å². The molecule has 5 atom stereocenters. The second-order valence-corrected chi connectivity index (χ2v) is 8.08. The van der Waals surface area contributed by atoms with Crippen molar-refractivity contribution in [3.63, 3.8) is 0 Å². The third-order valence-corrected chi connectivity index (χ3v) is 5.60. The molecule has 33 heavy (non-hydrogen) atoms. The van der Waals surface area contributed by atoms with Crippen molar-refractivity contribution in [1.82, 2.24) is 0 Å². The minimum atomic E-state index is -1.40. The van der Waals surface area contributed by atoms with E-state index in [1.807, 2.05) is 91.0 Å². The molecule has 1 fully saturated rings. The molecule has 4 rings (SSSR count). The molecule has 3 aromatic carbocycles. The van der Waals surface area contributed by atoms with Crippen LogP contribution in [0.4, 0.5) is 0 Å². The van der Waals surface area contributed by atoms with Gasteiger partial charge in [0.2, 0.25) is 0 Å². The lowest BCUT2D eigenvalue weighted by Crippen LogP contribution is -2.60. The van der Waals surface area contributed by atoms with Gasteiger partial charge in [-0.15, -0.1) is 0 Å². The fraction of sp³-hybridized carbons (Fsp3) is 0.333. The van der Waals surface area contributed by atoms with Crippen LogP contribution in [-0.2, 0) is 38.8 Å². The maximum absolute atomic E-state index is 10.7. The third-order valence-electron chi connectivity index (χ3n) is 5.60. The lowest BCUT2D eigenvalue weighted by Gasteiger charge is -2.42. The molecule has 4 unspecified atom stereocenters. The molecule has 1 aliphatic heterocycles. The Morgan fingerprint density at radius 2 is 1.06 bits per heavy atom. The molecular formula is C27H30O6. The molecule has 3 aromatic rings. The molecule has 0 aromatic heterocycles. The van der Waals surface area contributed by atoms with E-state index >= 15 is 0 Å². The average molecular weight is 451 g/mol. The summed E-state index contributed by atoms with van der Waals surface area (Å²) in [7, 11) is 0. The van der Waals surface area contributed by atoms with Gasteiger partial charge in [0.15, 0.2) is 6.29 Å². The zero-order valence-electron chi connectivity index (χ0n) is 18.4. The molecule has 6 nitrogen and oxygen atoms in total. The summed E-state index contributed by atoms with van der Waals surface area (Å²) in [4.78, 5) is 0. The van der Waals surface area contributed by atoms with Crippen LogP contribution >= 0.6 is 0 Å². The molecule has 0 radical (unpaired) electrons. The summed E-state index contributed by atoms with van der Waals surface area (Å²) < 4.78 is 23.9. The van der Waals surface area contributed by atoms with Gasteiger partial charge in [-0.05, 0) is 16.7 Å². The smallest absolute Gasteiger partial charge is 0.184 e. The van der Waals surface area contributed by atoms with Gasteiger partial charge in [0.25, 0.3) is 0 Å². The second kappa shape index (κ2) is 12.0. The molecule has 0 bridgehead atoms. The molecule has 0 spiro atoms. The molecule has 2 N–H and O–H groups in total. The number of aliphatic hydroxyl groups excluding tert-OH is 2. The number of hydrogen-bond acceptors (Lipinski definition) is 6. The van der Waals surface area contributed by atoms with Crippen molar-refractivity contribution in [2.24, 2.45) is 0 Å². The monoisotopic (exact) mass is 450 g/mol. The van der Waals surface area contributed by atoms with Gasteiger partial charge in [-0.1, -0.05) is 91.0 Å². The Hall–Kier alpha value is -2.58. The van der Waals surface area contributed by atoms with E-state index < -0.39 is 30.7 Å². The summed E-state index contributed by atoms with van der Waals surface area (Å²) in [5.74, 6) is 0. The van der Waals surface area contributed by atoms with Gasteiger partial charge >= 0.3 is 0 Å². The summed E-state index contributed by atoms with van der Waals surface area (Å²) >= 11 is 0. The summed E-state index contributed by atoms with van der Waals surface area (Å²) in [5.41, 5.74) is 2.99. The van der Waals surface area contributed by atoms with Gasteiger partial charge in [0.05, 0.1) is 26.4 Å². The van der Waals surface area contributed by atoms with Crippen molar-refractivity contribution in [3.8, 4) is 0 Å². The Labute approximate surface area is 194 Å². The van der Waals surface area contributed by atoms with E-state index in [0.717, 1.165) is 16.7 Å². The molecule has 6 heteroatoms. The first-order valence-electron chi connectivity index (χ1n) is 11.1. The van der Waals surface area contributed by atoms with Crippen LogP contribution in [0.1, 0.15) is 16.7 Å². The van der Waals surface area contributed by atoms with E-state index in [1.165, 1.54) is 0 Å². The molecule has 0 aliphatic carbocycles. The van der Waals surface area contributed by atoms with Gasteiger partial charge in [-0.3, -0.25) is 0 Å². The first-order valence-corrected chi connectivity index (χ1v) is 11.1. The van der Waals surface area contributed by atoms with Crippen molar-refractivity contribution >= 4 is 0 Å². The average Bonchev–Trinajstić information content (AvgIpc) is 2.86. The number of aliphatic hydroxyl groups is 2. The van der Waals surface area contributed by atoms with Crippen molar-refractivity contribution in [1.29, 1.82) is 0 Å². The van der Waals surface area contributed by atoms with E-state index in [-0.39, 0.29) is 13.2 Å². The van der Waals surface area contributed by atoms with E-state index in [2.05, 4.69) is 0 Å². The fourth-order valence-electron chi connectivity index (χ4n) is 3.84. The number of hydrogen-bond donors (Lipinski definition) is 2. The highest BCUT2D eigenvalue weighted by Crippen LogP contribution is 2.27. The van der Waals surface area contributed by atoms with Crippen LogP contribution in [0.25, 0.3) is 0 Å². The SMILES string of the molecule is OC1OC(COCc2ccccc2)[C@@H](OCc2ccccc2)C(OCc2ccccc2)C1O. The minimum absolute atomic E-state index is 0.184. The summed E-state index contributed by atoms with van der Waals surface area (Å²) in [6, 6.07) is 29.3. The Kier molecular flexibility index (Phi) is 8.60. The highest BCUT2D eigenvalue weighted by atomic mass is 16.7. The first-order chi connectivity index (χ1) is 16.2. The zero-order valence-corrected chi connectivity index (χ0v) is 18.4. The van der Waals surface area contributed by atoms with Gasteiger partial charge in [-0.25, -0.2) is 0 Å². The number of benzene rings is 3. The van der Waals surface area contributed by atoms with Crippen molar-refractivity contribution < 1.29 is 29.2 Å². The van der Waals surface area contributed by atoms with Gasteiger partial charge < -0.3 is 29.2 Å². The fourth-order valence-corrected chi connectivity index (χ4v) is 3.84. The quantitative estimate of drug-likeness (QED) is 0.493. The minimum Gasteiger partial charge on any atom is -0.385 e. The zero-order chi connectivity index (χ0) is 22.9. The Morgan fingerprint density at radius 1 is 0.606 bits per heavy atom. The number of ether oxygens (including phenoxy) is 4. The first kappa shape index (κ1) is 23.6. The van der Waals surface area contributed by atoms with E-state index in [9.17, 15) is 10.2 Å². The normalized spacial score (nSPS) is 25.1. The maximum Gasteiger partial charge on any atom is 0.184 e. The van der Waals surface area contributed by atoms with Crippen LogP contribution in [0.2, 0.25) is 0 Å². The Morgan fingerprint density at radius 3 is 1.58 bits per heavy atom. The highest BCUT2D eigenvalue weighted by molar-refractivity contribution is 5.15. The molecule has 1 heterocycles. The van der Waals surface area contributed by atoms with Gasteiger partial charge in [0, 0.05) is 0 Å². The molecule has 1 aliphatic rings.